The van der Waals surface area contributed by atoms with Crippen molar-refractivity contribution < 1.29 is 32.9 Å². The maximum absolute atomic E-state index is 13.8. The minimum absolute atomic E-state index is 0.0491. The lowest BCUT2D eigenvalue weighted by molar-refractivity contribution is -0.134. The summed E-state index contributed by atoms with van der Waals surface area (Å²) in [4.78, 5) is 26.8. The first kappa shape index (κ1) is 34.1. The summed E-state index contributed by atoms with van der Waals surface area (Å²) < 4.78 is 42.9. The SMILES string of the molecule is CCCCC1(CCCC)CN(c2ccc(NC(=O)C3CCCC3)cc2)c2cc(SC)c(O/C=C(\F)C(=O)O)cc2S(O)(O)C1. The highest BCUT2D eigenvalue weighted by Gasteiger charge is 2.42. The summed E-state index contributed by atoms with van der Waals surface area (Å²) >= 11 is 1.33. The quantitative estimate of drug-likeness (QED) is 0.0964. The van der Waals surface area contributed by atoms with Crippen LogP contribution in [-0.4, -0.2) is 44.6 Å². The number of hydrogen-bond donors (Lipinski definition) is 4. The number of ether oxygens (including phenoxy) is 1. The van der Waals surface area contributed by atoms with E-state index in [-0.39, 0.29) is 28.2 Å². The highest BCUT2D eigenvalue weighted by Crippen LogP contribution is 2.62. The molecule has 1 amide bonds. The second-order valence-electron chi connectivity index (χ2n) is 12.0. The van der Waals surface area contributed by atoms with Crippen molar-refractivity contribution in [3.05, 3.63) is 48.5 Å². The molecule has 242 valence electrons. The van der Waals surface area contributed by atoms with Crippen molar-refractivity contribution in [2.75, 3.05) is 28.8 Å². The molecule has 0 spiro atoms. The van der Waals surface area contributed by atoms with Gasteiger partial charge in [0.05, 0.1) is 15.5 Å². The lowest BCUT2D eigenvalue weighted by Gasteiger charge is -2.42. The first-order chi connectivity index (χ1) is 21.0. The number of aliphatic carboxylic acids is 1. The average Bonchev–Trinajstić information content (AvgIpc) is 3.53. The number of amides is 1. The van der Waals surface area contributed by atoms with Crippen molar-refractivity contribution in [1.82, 2.24) is 0 Å². The number of carbonyl (C=O) groups is 2. The topological polar surface area (TPSA) is 119 Å². The van der Waals surface area contributed by atoms with E-state index in [1.165, 1.54) is 17.8 Å². The number of unbranched alkanes of at least 4 members (excludes halogenated alkanes) is 2. The number of anilines is 3. The van der Waals surface area contributed by atoms with Crippen molar-refractivity contribution in [1.29, 1.82) is 0 Å². The monoisotopic (exact) mass is 648 g/mol. The van der Waals surface area contributed by atoms with Gasteiger partial charge in [0.2, 0.25) is 11.7 Å². The van der Waals surface area contributed by atoms with E-state index >= 15 is 0 Å². The molecular weight excluding hydrogens is 604 g/mol. The van der Waals surface area contributed by atoms with Crippen molar-refractivity contribution in [2.24, 2.45) is 11.3 Å². The first-order valence-corrected chi connectivity index (χ1v) is 18.4. The maximum Gasteiger partial charge on any atom is 0.368 e. The van der Waals surface area contributed by atoms with Crippen LogP contribution in [-0.2, 0) is 9.59 Å². The van der Waals surface area contributed by atoms with E-state index < -0.39 is 27.8 Å². The van der Waals surface area contributed by atoms with Gasteiger partial charge >= 0.3 is 5.97 Å². The fraction of sp³-hybridized carbons (Fsp3) is 0.515. The summed E-state index contributed by atoms with van der Waals surface area (Å²) in [5, 5.41) is 12.0. The minimum atomic E-state index is -3.34. The Labute approximate surface area is 265 Å². The van der Waals surface area contributed by atoms with Crippen LogP contribution in [0.1, 0.15) is 78.1 Å². The first-order valence-electron chi connectivity index (χ1n) is 15.4. The normalized spacial score (nSPS) is 18.8. The minimum Gasteiger partial charge on any atom is -0.476 e. The molecule has 0 unspecified atom stereocenters. The molecular formula is C33H45FN2O6S2. The van der Waals surface area contributed by atoms with Gasteiger partial charge in [-0.25, -0.2) is 4.79 Å². The standard InChI is InChI=1S/C33H45FN2O6S2/c1-4-6-16-33(17-7-5-2)21-36(25-14-12-24(13-15-25)35-31(37)23-10-8-9-11-23)27-18-29(43-3)28(42-20-26(34)32(38)39)19-30(27)44(40,41)22-33/h12-15,18-20,23,40-41H,4-11,16-17,21-22H2,1-3H3,(H,35,37)(H,38,39)/b26-20-. The predicted octanol–water partition coefficient (Wildman–Crippen LogP) is 9.44. The zero-order valence-corrected chi connectivity index (χ0v) is 27.4. The van der Waals surface area contributed by atoms with Gasteiger partial charge in [0, 0.05) is 41.1 Å². The summed E-state index contributed by atoms with van der Waals surface area (Å²) in [6.07, 6.45) is 11.8. The number of hydrogen-bond acceptors (Lipinski definition) is 7. The molecule has 8 nitrogen and oxygen atoms in total. The largest absolute Gasteiger partial charge is 0.476 e. The van der Waals surface area contributed by atoms with Gasteiger partial charge in [0.25, 0.3) is 0 Å². The van der Waals surface area contributed by atoms with E-state index in [9.17, 15) is 23.1 Å². The Morgan fingerprint density at radius 2 is 1.75 bits per heavy atom. The number of carboxylic acids is 1. The van der Waals surface area contributed by atoms with Gasteiger partial charge in [0.15, 0.2) is 0 Å². The number of carboxylic acid groups (broad SMARTS) is 1. The molecule has 4 rings (SSSR count). The van der Waals surface area contributed by atoms with Crippen LogP contribution in [0.2, 0.25) is 0 Å². The lowest BCUT2D eigenvalue weighted by Crippen LogP contribution is -2.37. The van der Waals surface area contributed by atoms with E-state index in [2.05, 4.69) is 24.1 Å². The van der Waals surface area contributed by atoms with Crippen molar-refractivity contribution in [3.8, 4) is 5.75 Å². The third-order valence-corrected chi connectivity index (χ3v) is 11.5. The molecule has 2 aromatic rings. The molecule has 2 aliphatic rings. The van der Waals surface area contributed by atoms with E-state index in [0.717, 1.165) is 69.9 Å². The highest BCUT2D eigenvalue weighted by molar-refractivity contribution is 8.24. The van der Waals surface area contributed by atoms with Gasteiger partial charge in [-0.3, -0.25) is 13.9 Å². The average molecular weight is 649 g/mol. The molecule has 1 fully saturated rings. The molecule has 2 aromatic carbocycles. The van der Waals surface area contributed by atoms with Crippen LogP contribution in [0.5, 0.6) is 5.75 Å². The highest BCUT2D eigenvalue weighted by atomic mass is 32.3. The number of thioether (sulfide) groups is 1. The van der Waals surface area contributed by atoms with E-state index in [0.29, 0.717) is 29.1 Å². The Balaban J connectivity index is 1.80. The van der Waals surface area contributed by atoms with Gasteiger partial charge in [-0.1, -0.05) is 52.4 Å². The number of carbonyl (C=O) groups excluding carboxylic acids is 1. The number of nitrogens with zero attached hydrogens (tertiary/aromatic N) is 1. The van der Waals surface area contributed by atoms with E-state index in [1.807, 2.05) is 36.6 Å². The second kappa shape index (κ2) is 15.0. The van der Waals surface area contributed by atoms with Gasteiger partial charge in [-0.15, -0.1) is 11.8 Å². The molecule has 0 radical (unpaired) electrons. The number of nitrogens with one attached hydrogen (secondary N) is 1. The van der Waals surface area contributed by atoms with Crippen LogP contribution in [0, 0.1) is 11.3 Å². The Morgan fingerprint density at radius 3 is 2.32 bits per heavy atom. The molecule has 1 aliphatic heterocycles. The van der Waals surface area contributed by atoms with Crippen LogP contribution in [0.15, 0.2) is 58.3 Å². The van der Waals surface area contributed by atoms with E-state index in [4.69, 9.17) is 9.84 Å². The Hall–Kier alpha value is -2.73. The maximum atomic E-state index is 13.8. The fourth-order valence-electron chi connectivity index (χ4n) is 6.31. The molecule has 0 bridgehead atoms. The Morgan fingerprint density at radius 1 is 1.11 bits per heavy atom. The van der Waals surface area contributed by atoms with Gasteiger partial charge in [-0.2, -0.15) is 15.0 Å². The zero-order chi connectivity index (χ0) is 31.9. The summed E-state index contributed by atoms with van der Waals surface area (Å²) in [7, 11) is -3.34. The molecule has 4 N–H and O–H groups in total. The van der Waals surface area contributed by atoms with Crippen molar-refractivity contribution in [3.63, 3.8) is 0 Å². The number of halogens is 1. The van der Waals surface area contributed by atoms with Crippen LogP contribution >= 0.6 is 22.4 Å². The van der Waals surface area contributed by atoms with Gasteiger partial charge in [-0.05, 0) is 62.3 Å². The molecule has 0 atom stereocenters. The van der Waals surface area contributed by atoms with Crippen molar-refractivity contribution >= 4 is 51.3 Å². The van der Waals surface area contributed by atoms with Crippen LogP contribution in [0.25, 0.3) is 0 Å². The fourth-order valence-corrected chi connectivity index (χ4v) is 9.04. The molecule has 1 heterocycles. The molecule has 0 saturated heterocycles. The van der Waals surface area contributed by atoms with Crippen LogP contribution in [0.3, 0.4) is 0 Å². The molecule has 0 aromatic heterocycles. The zero-order valence-electron chi connectivity index (χ0n) is 25.8. The van der Waals surface area contributed by atoms with Gasteiger partial charge < -0.3 is 20.1 Å². The summed E-state index contributed by atoms with van der Waals surface area (Å²) in [5.74, 6) is -2.79. The summed E-state index contributed by atoms with van der Waals surface area (Å²) in [5.41, 5.74) is 1.78. The third kappa shape index (κ3) is 8.10. The predicted molar refractivity (Wildman–Crippen MR) is 177 cm³/mol. The van der Waals surface area contributed by atoms with Crippen molar-refractivity contribution in [2.45, 2.75) is 87.8 Å². The van der Waals surface area contributed by atoms with Crippen LogP contribution in [0.4, 0.5) is 21.5 Å². The third-order valence-electron chi connectivity index (χ3n) is 8.68. The number of rotatable bonds is 13. The lowest BCUT2D eigenvalue weighted by atomic mass is 9.79. The smallest absolute Gasteiger partial charge is 0.368 e. The summed E-state index contributed by atoms with van der Waals surface area (Å²) in [6, 6.07) is 11.0. The number of fused-ring (bicyclic) bond motifs is 1. The molecule has 1 saturated carbocycles. The Bertz CT molecular complexity index is 1340. The second-order valence-corrected chi connectivity index (χ2v) is 14.9. The van der Waals surface area contributed by atoms with Gasteiger partial charge in [0.1, 0.15) is 12.0 Å². The Kier molecular flexibility index (Phi) is 11.7. The van der Waals surface area contributed by atoms with Crippen LogP contribution < -0.4 is 15.0 Å². The number of benzene rings is 2. The molecule has 11 heteroatoms. The molecule has 44 heavy (non-hydrogen) atoms. The van der Waals surface area contributed by atoms with E-state index in [1.54, 1.807) is 0 Å². The summed E-state index contributed by atoms with van der Waals surface area (Å²) in [6.45, 7) is 4.82. The molecule has 1 aliphatic carbocycles.